The van der Waals surface area contributed by atoms with Crippen molar-refractivity contribution in [3.63, 3.8) is 0 Å². The smallest absolute Gasteiger partial charge is 0.338 e. The first-order valence-electron chi connectivity index (χ1n) is 7.76. The Balaban J connectivity index is 2.72. The largest absolute Gasteiger partial charge is 0.493 e. The van der Waals surface area contributed by atoms with Crippen LogP contribution in [-0.4, -0.2) is 26.8 Å². The number of carbonyl (C=O) groups excluding carboxylic acids is 1. The Labute approximate surface area is 160 Å². The topological polar surface area (TPSA) is 104 Å². The van der Waals surface area contributed by atoms with E-state index in [4.69, 9.17) is 24.7 Å². The van der Waals surface area contributed by atoms with Crippen molar-refractivity contribution in [2.24, 2.45) is 5.73 Å². The van der Waals surface area contributed by atoms with Gasteiger partial charge in [0.15, 0.2) is 11.5 Å². The second-order valence-electron chi connectivity index (χ2n) is 5.35. The monoisotopic (exact) mass is 422 g/mol. The second-order valence-corrected chi connectivity index (χ2v) is 6.21. The van der Waals surface area contributed by atoms with E-state index in [9.17, 15) is 10.1 Å². The summed E-state index contributed by atoms with van der Waals surface area (Å²) in [5, 5.41) is 9.60. The van der Waals surface area contributed by atoms with Gasteiger partial charge in [-0.15, -0.1) is 0 Å². The van der Waals surface area contributed by atoms with Crippen LogP contribution in [0.1, 0.15) is 25.3 Å². The predicted molar refractivity (Wildman–Crippen MR) is 97.2 cm³/mol. The molecule has 0 amide bonds. The van der Waals surface area contributed by atoms with Crippen molar-refractivity contribution >= 4 is 21.9 Å². The third kappa shape index (κ3) is 3.48. The van der Waals surface area contributed by atoms with Crippen molar-refractivity contribution in [3.8, 4) is 17.6 Å². The van der Waals surface area contributed by atoms with E-state index in [2.05, 4.69) is 15.9 Å². The van der Waals surface area contributed by atoms with Crippen LogP contribution in [0.15, 0.2) is 39.4 Å². The van der Waals surface area contributed by atoms with Gasteiger partial charge in [0.05, 0.1) is 36.8 Å². The second kappa shape index (κ2) is 8.15. The summed E-state index contributed by atoms with van der Waals surface area (Å²) < 4.78 is 21.8. The Bertz CT molecular complexity index is 839. The van der Waals surface area contributed by atoms with E-state index in [1.165, 1.54) is 14.2 Å². The molecule has 0 radical (unpaired) electrons. The summed E-state index contributed by atoms with van der Waals surface area (Å²) in [6.07, 6.45) is 0. The lowest BCUT2D eigenvalue weighted by atomic mass is 9.83. The Morgan fingerprint density at radius 3 is 2.62 bits per heavy atom. The number of hydrogen-bond acceptors (Lipinski definition) is 7. The van der Waals surface area contributed by atoms with Crippen LogP contribution >= 0.6 is 15.9 Å². The molecule has 2 rings (SSSR count). The number of nitrogens with two attached hydrogens (primary N) is 1. The van der Waals surface area contributed by atoms with Gasteiger partial charge < -0.3 is 24.7 Å². The average molecular weight is 423 g/mol. The highest BCUT2D eigenvalue weighted by atomic mass is 79.9. The standard InChI is InChI=1S/C18H19BrN2O5/c1-5-25-18(22)14-9(2)26-17(21)11(8-20)15(14)10-6-12(19)16(24-4)13(7-10)23-3/h6-7,15H,5,21H2,1-4H3. The number of rotatable bonds is 5. The van der Waals surface area contributed by atoms with Crippen LogP contribution in [0.25, 0.3) is 0 Å². The molecule has 26 heavy (non-hydrogen) atoms. The number of hydrogen-bond donors (Lipinski definition) is 1. The molecule has 1 aromatic rings. The van der Waals surface area contributed by atoms with Gasteiger partial charge in [-0.1, -0.05) is 0 Å². The first-order valence-corrected chi connectivity index (χ1v) is 8.55. The fraction of sp³-hybridized carbons (Fsp3) is 0.333. The number of halogens is 1. The van der Waals surface area contributed by atoms with Crippen LogP contribution < -0.4 is 15.2 Å². The van der Waals surface area contributed by atoms with Gasteiger partial charge in [-0.3, -0.25) is 0 Å². The molecule has 1 aliphatic rings. The zero-order valence-electron chi connectivity index (χ0n) is 14.9. The maximum Gasteiger partial charge on any atom is 0.338 e. The Hall–Kier alpha value is -2.66. The van der Waals surface area contributed by atoms with Crippen molar-refractivity contribution in [1.29, 1.82) is 5.26 Å². The fourth-order valence-corrected chi connectivity index (χ4v) is 3.41. The SMILES string of the molecule is CCOC(=O)C1=C(C)OC(N)=C(C#N)C1c1cc(Br)c(OC)c(OC)c1. The summed E-state index contributed by atoms with van der Waals surface area (Å²) in [6.45, 7) is 3.50. The highest BCUT2D eigenvalue weighted by molar-refractivity contribution is 9.10. The van der Waals surface area contributed by atoms with Crippen molar-refractivity contribution in [2.45, 2.75) is 19.8 Å². The van der Waals surface area contributed by atoms with Crippen LogP contribution in [-0.2, 0) is 14.3 Å². The molecule has 2 N–H and O–H groups in total. The summed E-state index contributed by atoms with van der Waals surface area (Å²) in [4.78, 5) is 12.5. The third-order valence-electron chi connectivity index (χ3n) is 3.89. The van der Waals surface area contributed by atoms with E-state index in [0.29, 0.717) is 21.5 Å². The minimum Gasteiger partial charge on any atom is -0.493 e. The Kier molecular flexibility index (Phi) is 6.16. The number of ether oxygens (including phenoxy) is 4. The molecule has 0 saturated carbocycles. The van der Waals surface area contributed by atoms with Crippen LogP contribution in [0.3, 0.4) is 0 Å². The van der Waals surface area contributed by atoms with Crippen LogP contribution in [0.2, 0.25) is 0 Å². The normalized spacial score (nSPS) is 16.7. The van der Waals surface area contributed by atoms with E-state index >= 15 is 0 Å². The molecule has 8 heteroatoms. The number of methoxy groups -OCH3 is 2. The number of carbonyl (C=O) groups is 1. The molecule has 0 aromatic heterocycles. The van der Waals surface area contributed by atoms with Crippen LogP contribution in [0, 0.1) is 11.3 Å². The molecule has 1 atom stereocenters. The van der Waals surface area contributed by atoms with Gasteiger partial charge in [-0.05, 0) is 47.5 Å². The Morgan fingerprint density at radius 1 is 1.38 bits per heavy atom. The van der Waals surface area contributed by atoms with E-state index in [1.54, 1.807) is 26.0 Å². The lowest BCUT2D eigenvalue weighted by Gasteiger charge is -2.27. The van der Waals surface area contributed by atoms with Crippen molar-refractivity contribution in [2.75, 3.05) is 20.8 Å². The number of allylic oxidation sites excluding steroid dienone is 2. The highest BCUT2D eigenvalue weighted by Gasteiger charge is 2.37. The zero-order chi connectivity index (χ0) is 19.4. The van der Waals surface area contributed by atoms with Crippen molar-refractivity contribution in [3.05, 3.63) is 45.0 Å². The molecule has 0 spiro atoms. The summed E-state index contributed by atoms with van der Waals surface area (Å²) in [5.41, 5.74) is 6.84. The number of nitriles is 1. The third-order valence-corrected chi connectivity index (χ3v) is 4.48. The molecule has 1 aliphatic heterocycles. The van der Waals surface area contributed by atoms with Crippen LogP contribution in [0.4, 0.5) is 0 Å². The van der Waals surface area contributed by atoms with Gasteiger partial charge in [0.2, 0.25) is 5.88 Å². The summed E-state index contributed by atoms with van der Waals surface area (Å²) in [7, 11) is 3.02. The number of esters is 1. The molecule has 0 fully saturated rings. The zero-order valence-corrected chi connectivity index (χ0v) is 16.5. The lowest BCUT2D eigenvalue weighted by Crippen LogP contribution is -2.25. The molecule has 1 unspecified atom stereocenters. The highest BCUT2D eigenvalue weighted by Crippen LogP contribution is 2.44. The quantitative estimate of drug-likeness (QED) is 0.726. The summed E-state index contributed by atoms with van der Waals surface area (Å²) >= 11 is 3.43. The molecule has 138 valence electrons. The van der Waals surface area contributed by atoms with Gasteiger partial charge in [0, 0.05) is 0 Å². The van der Waals surface area contributed by atoms with Gasteiger partial charge in [0.25, 0.3) is 0 Å². The number of benzene rings is 1. The van der Waals surface area contributed by atoms with E-state index in [1.807, 2.05) is 6.07 Å². The molecule has 0 bridgehead atoms. The van der Waals surface area contributed by atoms with Crippen molar-refractivity contribution < 1.29 is 23.7 Å². The summed E-state index contributed by atoms with van der Waals surface area (Å²) in [6, 6.07) is 5.47. The first kappa shape index (κ1) is 19.7. The number of nitrogens with zero attached hydrogens (tertiary/aromatic N) is 1. The maximum absolute atomic E-state index is 12.5. The molecular formula is C18H19BrN2O5. The average Bonchev–Trinajstić information content (AvgIpc) is 2.60. The van der Waals surface area contributed by atoms with E-state index in [0.717, 1.165) is 0 Å². The van der Waals surface area contributed by atoms with E-state index in [-0.39, 0.29) is 29.4 Å². The molecule has 1 aromatic carbocycles. The minimum absolute atomic E-state index is 0.0473. The molecule has 0 saturated heterocycles. The molecule has 1 heterocycles. The predicted octanol–water partition coefficient (Wildman–Crippen LogP) is 3.11. The summed E-state index contributed by atoms with van der Waals surface area (Å²) in [5.74, 6) is -0.132. The molecule has 0 aliphatic carbocycles. The van der Waals surface area contributed by atoms with Crippen LogP contribution in [0.5, 0.6) is 11.5 Å². The lowest BCUT2D eigenvalue weighted by molar-refractivity contribution is -0.139. The maximum atomic E-state index is 12.5. The van der Waals surface area contributed by atoms with E-state index < -0.39 is 11.9 Å². The molecular weight excluding hydrogens is 404 g/mol. The Morgan fingerprint density at radius 2 is 2.08 bits per heavy atom. The first-order chi connectivity index (χ1) is 12.4. The fourth-order valence-electron chi connectivity index (χ4n) is 2.79. The van der Waals surface area contributed by atoms with Gasteiger partial charge >= 0.3 is 5.97 Å². The van der Waals surface area contributed by atoms with Gasteiger partial charge in [0.1, 0.15) is 17.4 Å². The molecule has 7 nitrogen and oxygen atoms in total. The van der Waals surface area contributed by atoms with Gasteiger partial charge in [-0.25, -0.2) is 4.79 Å². The minimum atomic E-state index is -0.746. The van der Waals surface area contributed by atoms with Crippen molar-refractivity contribution in [1.82, 2.24) is 0 Å². The van der Waals surface area contributed by atoms with Gasteiger partial charge in [-0.2, -0.15) is 5.26 Å².